The maximum atomic E-state index is 12.6. The van der Waals surface area contributed by atoms with Crippen LogP contribution < -0.4 is 9.47 Å². The summed E-state index contributed by atoms with van der Waals surface area (Å²) in [6.07, 6.45) is 0.394. The van der Waals surface area contributed by atoms with Crippen molar-refractivity contribution in [1.29, 1.82) is 0 Å². The van der Waals surface area contributed by atoms with Crippen LogP contribution in [0.3, 0.4) is 0 Å². The molecule has 1 aliphatic heterocycles. The average molecular weight is 405 g/mol. The van der Waals surface area contributed by atoms with E-state index in [1.807, 2.05) is 25.1 Å². The van der Waals surface area contributed by atoms with E-state index in [1.165, 1.54) is 0 Å². The molecule has 1 amide bonds. The number of likely N-dealkylation sites (N-methyl/N-ethyl adjacent to an activating group) is 1. The fourth-order valence-corrected chi connectivity index (χ4v) is 3.01. The number of nitrogens with zero attached hydrogens (tertiary/aromatic N) is 1. The number of amides is 1. The monoisotopic (exact) mass is 405 g/mol. The van der Waals surface area contributed by atoms with Gasteiger partial charge in [-0.05, 0) is 51.8 Å². The third kappa shape index (κ3) is 6.76. The summed E-state index contributed by atoms with van der Waals surface area (Å²) in [6, 6.07) is 5.68. The summed E-state index contributed by atoms with van der Waals surface area (Å²) in [5.41, 5.74) is 0.399. The number of ether oxygens (including phenoxy) is 3. The van der Waals surface area contributed by atoms with Gasteiger partial charge in [-0.2, -0.15) is 0 Å². The molecule has 0 N–H and O–H groups in total. The fraction of sp³-hybridized carbons (Fsp3) is 0.591. The molecule has 0 spiro atoms. The fourth-order valence-electron chi connectivity index (χ4n) is 3.01. The first-order chi connectivity index (χ1) is 13.5. The molecule has 0 saturated carbocycles. The lowest BCUT2D eigenvalue weighted by Gasteiger charge is -2.26. The van der Waals surface area contributed by atoms with E-state index in [0.29, 0.717) is 12.2 Å². The minimum Gasteiger partial charge on any atom is -0.460 e. The van der Waals surface area contributed by atoms with Crippen molar-refractivity contribution in [1.82, 2.24) is 4.90 Å². The van der Waals surface area contributed by atoms with E-state index in [1.54, 1.807) is 39.6 Å². The molecule has 2 unspecified atom stereocenters. The van der Waals surface area contributed by atoms with Gasteiger partial charge in [0.25, 0.3) is 0 Å². The molecule has 0 fully saturated rings. The largest absolute Gasteiger partial charge is 0.460 e. The summed E-state index contributed by atoms with van der Waals surface area (Å²) in [5.74, 6) is -0.0950. The van der Waals surface area contributed by atoms with Crippen LogP contribution in [0.4, 0.5) is 0 Å². The summed E-state index contributed by atoms with van der Waals surface area (Å²) in [5, 5.41) is 0. The Labute approximate surface area is 172 Å². The van der Waals surface area contributed by atoms with Crippen molar-refractivity contribution in [2.75, 3.05) is 13.8 Å². The third-order valence-corrected chi connectivity index (χ3v) is 4.79. The SMILES string of the molecule is CC(CC(=O)N(C)C(C)Cc1ccc2c(c1)OCO2)C(=O)CC(=O)OC(C)(C)C. The van der Waals surface area contributed by atoms with Crippen LogP contribution >= 0.6 is 0 Å². The first-order valence-corrected chi connectivity index (χ1v) is 9.85. The van der Waals surface area contributed by atoms with Crippen LogP contribution in [-0.2, 0) is 25.5 Å². The normalized spacial score (nSPS) is 14.8. The zero-order valence-corrected chi connectivity index (χ0v) is 18.1. The second kappa shape index (κ2) is 9.29. The molecule has 1 aromatic rings. The second-order valence-electron chi connectivity index (χ2n) is 8.58. The number of benzene rings is 1. The molecule has 1 aliphatic rings. The molecule has 0 saturated heterocycles. The molecule has 7 nitrogen and oxygen atoms in total. The predicted molar refractivity (Wildman–Crippen MR) is 108 cm³/mol. The molecule has 160 valence electrons. The van der Waals surface area contributed by atoms with Crippen LogP contribution in [0, 0.1) is 5.92 Å². The summed E-state index contributed by atoms with van der Waals surface area (Å²) < 4.78 is 15.9. The Morgan fingerprint density at radius 2 is 1.79 bits per heavy atom. The highest BCUT2D eigenvalue weighted by molar-refractivity contribution is 5.98. The Bertz CT molecular complexity index is 767. The molecule has 29 heavy (non-hydrogen) atoms. The third-order valence-electron chi connectivity index (χ3n) is 4.79. The number of hydrogen-bond donors (Lipinski definition) is 0. The Morgan fingerprint density at radius 3 is 2.45 bits per heavy atom. The van der Waals surface area contributed by atoms with Crippen LogP contribution in [0.5, 0.6) is 11.5 Å². The van der Waals surface area contributed by atoms with Crippen LogP contribution in [0.25, 0.3) is 0 Å². The van der Waals surface area contributed by atoms with E-state index < -0.39 is 17.5 Å². The standard InChI is InChI=1S/C22H31NO6/c1-14(17(24)12-21(26)29-22(3,4)5)9-20(25)23(6)15(2)10-16-7-8-18-19(11-16)28-13-27-18/h7-8,11,14-15H,9-10,12-13H2,1-6H3. The van der Waals surface area contributed by atoms with Crippen molar-refractivity contribution < 1.29 is 28.6 Å². The lowest BCUT2D eigenvalue weighted by molar-refractivity contribution is -0.157. The highest BCUT2D eigenvalue weighted by Gasteiger charge is 2.26. The van der Waals surface area contributed by atoms with Crippen molar-refractivity contribution >= 4 is 17.7 Å². The van der Waals surface area contributed by atoms with Crippen molar-refractivity contribution in [2.45, 2.75) is 65.5 Å². The summed E-state index contributed by atoms with van der Waals surface area (Å²) >= 11 is 0. The highest BCUT2D eigenvalue weighted by Crippen LogP contribution is 2.33. The van der Waals surface area contributed by atoms with E-state index >= 15 is 0 Å². The van der Waals surface area contributed by atoms with Crippen LogP contribution in [0.2, 0.25) is 0 Å². The van der Waals surface area contributed by atoms with Gasteiger partial charge in [-0.1, -0.05) is 13.0 Å². The van der Waals surface area contributed by atoms with E-state index in [2.05, 4.69) is 0 Å². The van der Waals surface area contributed by atoms with Gasteiger partial charge in [-0.25, -0.2) is 0 Å². The molecule has 1 heterocycles. The highest BCUT2D eigenvalue weighted by atomic mass is 16.7. The Balaban J connectivity index is 1.85. The van der Waals surface area contributed by atoms with Gasteiger partial charge in [-0.15, -0.1) is 0 Å². The van der Waals surface area contributed by atoms with Gasteiger partial charge in [0.2, 0.25) is 12.7 Å². The lowest BCUT2D eigenvalue weighted by Crippen LogP contribution is -2.38. The topological polar surface area (TPSA) is 82.1 Å². The Hall–Kier alpha value is -2.57. The molecular weight excluding hydrogens is 374 g/mol. The minimum atomic E-state index is -0.638. The van der Waals surface area contributed by atoms with Crippen molar-refractivity contribution in [3.63, 3.8) is 0 Å². The zero-order chi connectivity index (χ0) is 21.8. The molecule has 0 radical (unpaired) electrons. The lowest BCUT2D eigenvalue weighted by atomic mass is 9.98. The van der Waals surface area contributed by atoms with Gasteiger partial charge < -0.3 is 19.1 Å². The number of rotatable bonds is 8. The van der Waals surface area contributed by atoms with Crippen LogP contribution in [-0.4, -0.2) is 48.0 Å². The molecule has 2 rings (SSSR count). The van der Waals surface area contributed by atoms with Crippen LogP contribution in [0.1, 0.15) is 53.0 Å². The average Bonchev–Trinajstić information content (AvgIpc) is 3.06. The van der Waals surface area contributed by atoms with Gasteiger partial charge >= 0.3 is 5.97 Å². The van der Waals surface area contributed by atoms with Gasteiger partial charge in [-0.3, -0.25) is 14.4 Å². The zero-order valence-electron chi connectivity index (χ0n) is 18.1. The second-order valence-corrected chi connectivity index (χ2v) is 8.58. The van der Waals surface area contributed by atoms with Gasteiger partial charge in [0.1, 0.15) is 17.8 Å². The minimum absolute atomic E-state index is 0.0591. The Morgan fingerprint density at radius 1 is 1.14 bits per heavy atom. The summed E-state index contributed by atoms with van der Waals surface area (Å²) in [4.78, 5) is 38.3. The molecule has 0 bridgehead atoms. The first kappa shape index (κ1) is 22.7. The molecule has 2 atom stereocenters. The maximum absolute atomic E-state index is 12.6. The van der Waals surface area contributed by atoms with E-state index in [9.17, 15) is 14.4 Å². The number of carbonyl (C=O) groups is 3. The number of esters is 1. The number of carbonyl (C=O) groups excluding carboxylic acids is 3. The van der Waals surface area contributed by atoms with E-state index in [0.717, 1.165) is 11.3 Å². The van der Waals surface area contributed by atoms with Gasteiger partial charge in [0.05, 0.1) is 0 Å². The quantitative estimate of drug-likeness (QED) is 0.488. The van der Waals surface area contributed by atoms with Crippen molar-refractivity contribution in [3.05, 3.63) is 23.8 Å². The smallest absolute Gasteiger partial charge is 0.313 e. The molecular formula is C22H31NO6. The van der Waals surface area contributed by atoms with Crippen molar-refractivity contribution in [3.8, 4) is 11.5 Å². The molecule has 0 aromatic heterocycles. The van der Waals surface area contributed by atoms with Crippen LogP contribution in [0.15, 0.2) is 18.2 Å². The van der Waals surface area contributed by atoms with E-state index in [-0.39, 0.29) is 37.4 Å². The maximum Gasteiger partial charge on any atom is 0.313 e. The first-order valence-electron chi connectivity index (χ1n) is 9.85. The number of ketones is 1. The van der Waals surface area contributed by atoms with Gasteiger partial charge in [0, 0.05) is 25.4 Å². The number of hydrogen-bond acceptors (Lipinski definition) is 6. The molecule has 0 aliphatic carbocycles. The van der Waals surface area contributed by atoms with E-state index in [4.69, 9.17) is 14.2 Å². The predicted octanol–water partition coefficient (Wildman–Crippen LogP) is 3.13. The summed E-state index contributed by atoms with van der Waals surface area (Å²) in [6.45, 7) is 9.09. The summed E-state index contributed by atoms with van der Waals surface area (Å²) in [7, 11) is 1.73. The number of fused-ring (bicyclic) bond motifs is 1. The Kier molecular flexibility index (Phi) is 7.27. The van der Waals surface area contributed by atoms with Gasteiger partial charge in [0.15, 0.2) is 11.5 Å². The number of Topliss-reactive ketones (excluding diaryl/α,β-unsaturated/α-hetero) is 1. The molecule has 1 aromatic carbocycles. The molecule has 7 heteroatoms. The van der Waals surface area contributed by atoms with Crippen molar-refractivity contribution in [2.24, 2.45) is 5.92 Å².